The SMILES string of the molecule is ONCc1c(Br)cncc1Br. The van der Waals surface area contributed by atoms with Gasteiger partial charge in [-0.3, -0.25) is 4.98 Å². The second-order valence-corrected chi connectivity index (χ2v) is 3.63. The highest BCUT2D eigenvalue weighted by atomic mass is 79.9. The van der Waals surface area contributed by atoms with Crippen molar-refractivity contribution < 1.29 is 5.21 Å². The third-order valence-electron chi connectivity index (χ3n) is 1.21. The van der Waals surface area contributed by atoms with Crippen LogP contribution in [0.2, 0.25) is 0 Å². The first-order chi connectivity index (χ1) is 5.25. The molecule has 0 aliphatic carbocycles. The molecule has 0 amide bonds. The first-order valence-corrected chi connectivity index (χ1v) is 4.49. The summed E-state index contributed by atoms with van der Waals surface area (Å²) in [7, 11) is 0. The van der Waals surface area contributed by atoms with Gasteiger partial charge in [0.2, 0.25) is 0 Å². The Balaban J connectivity index is 3.00. The fourth-order valence-corrected chi connectivity index (χ4v) is 1.90. The first kappa shape index (κ1) is 9.12. The summed E-state index contributed by atoms with van der Waals surface area (Å²) >= 11 is 6.61. The molecular formula is C6H6Br2N2O. The van der Waals surface area contributed by atoms with E-state index >= 15 is 0 Å². The minimum Gasteiger partial charge on any atom is -0.316 e. The maximum absolute atomic E-state index is 8.46. The molecule has 0 aromatic carbocycles. The maximum Gasteiger partial charge on any atom is 0.0481 e. The largest absolute Gasteiger partial charge is 0.316 e. The van der Waals surface area contributed by atoms with Crippen LogP contribution in [0.3, 0.4) is 0 Å². The molecular weight excluding hydrogens is 276 g/mol. The van der Waals surface area contributed by atoms with Crippen LogP contribution in [0.5, 0.6) is 0 Å². The topological polar surface area (TPSA) is 45.1 Å². The molecule has 1 heterocycles. The van der Waals surface area contributed by atoms with Crippen molar-refractivity contribution in [3.8, 4) is 0 Å². The van der Waals surface area contributed by atoms with E-state index in [-0.39, 0.29) is 0 Å². The van der Waals surface area contributed by atoms with E-state index in [4.69, 9.17) is 5.21 Å². The first-order valence-electron chi connectivity index (χ1n) is 2.90. The van der Waals surface area contributed by atoms with Gasteiger partial charge in [0.25, 0.3) is 0 Å². The van der Waals surface area contributed by atoms with Gasteiger partial charge in [-0.05, 0) is 37.4 Å². The molecule has 0 unspecified atom stereocenters. The number of hydroxylamine groups is 1. The second kappa shape index (κ2) is 4.15. The molecule has 0 radical (unpaired) electrons. The molecule has 0 spiro atoms. The minimum absolute atomic E-state index is 0.393. The van der Waals surface area contributed by atoms with Gasteiger partial charge in [-0.2, -0.15) is 0 Å². The summed E-state index contributed by atoms with van der Waals surface area (Å²) in [6.07, 6.45) is 3.36. The molecule has 0 atom stereocenters. The summed E-state index contributed by atoms with van der Waals surface area (Å²) in [6.45, 7) is 0.393. The molecule has 1 aromatic heterocycles. The Morgan fingerprint density at radius 2 is 1.91 bits per heavy atom. The fraction of sp³-hybridized carbons (Fsp3) is 0.167. The monoisotopic (exact) mass is 280 g/mol. The highest BCUT2D eigenvalue weighted by Crippen LogP contribution is 2.23. The van der Waals surface area contributed by atoms with E-state index in [0.29, 0.717) is 6.54 Å². The zero-order chi connectivity index (χ0) is 8.27. The number of hydrogen-bond acceptors (Lipinski definition) is 3. The zero-order valence-corrected chi connectivity index (χ0v) is 8.68. The molecule has 0 bridgehead atoms. The van der Waals surface area contributed by atoms with Crippen molar-refractivity contribution in [3.05, 3.63) is 26.9 Å². The van der Waals surface area contributed by atoms with E-state index in [9.17, 15) is 0 Å². The highest BCUT2D eigenvalue weighted by Gasteiger charge is 2.03. The minimum atomic E-state index is 0.393. The number of nitrogens with one attached hydrogen (secondary N) is 1. The summed E-state index contributed by atoms with van der Waals surface area (Å²) in [5.74, 6) is 0. The average Bonchev–Trinajstić information content (AvgIpc) is 1.97. The molecule has 0 fully saturated rings. The molecule has 0 aliphatic heterocycles. The number of aromatic nitrogens is 1. The standard InChI is InChI=1S/C6H6Br2N2O/c7-5-2-9-3-6(8)4(5)1-10-11/h2-3,10-11H,1H2. The lowest BCUT2D eigenvalue weighted by atomic mass is 10.3. The molecule has 0 saturated heterocycles. The summed E-state index contributed by atoms with van der Waals surface area (Å²) < 4.78 is 1.74. The van der Waals surface area contributed by atoms with Gasteiger partial charge in [0.15, 0.2) is 0 Å². The second-order valence-electron chi connectivity index (χ2n) is 1.92. The van der Waals surface area contributed by atoms with Crippen molar-refractivity contribution in [3.63, 3.8) is 0 Å². The van der Waals surface area contributed by atoms with E-state index in [0.717, 1.165) is 14.5 Å². The summed E-state index contributed by atoms with van der Waals surface area (Å²) in [5.41, 5.74) is 3.02. The molecule has 11 heavy (non-hydrogen) atoms. The molecule has 5 heteroatoms. The van der Waals surface area contributed by atoms with Crippen LogP contribution >= 0.6 is 31.9 Å². The van der Waals surface area contributed by atoms with Crippen LogP contribution in [-0.4, -0.2) is 10.2 Å². The lowest BCUT2D eigenvalue weighted by Gasteiger charge is -2.03. The van der Waals surface area contributed by atoms with Crippen LogP contribution in [-0.2, 0) is 6.54 Å². The van der Waals surface area contributed by atoms with Gasteiger partial charge in [-0.25, -0.2) is 5.48 Å². The van der Waals surface area contributed by atoms with E-state index < -0.39 is 0 Å². The van der Waals surface area contributed by atoms with Crippen molar-refractivity contribution >= 4 is 31.9 Å². The van der Waals surface area contributed by atoms with E-state index in [1.807, 2.05) is 0 Å². The van der Waals surface area contributed by atoms with Crippen LogP contribution in [0.15, 0.2) is 21.3 Å². The number of hydrogen-bond donors (Lipinski definition) is 2. The molecule has 1 rings (SSSR count). The van der Waals surface area contributed by atoms with Crippen LogP contribution in [0.4, 0.5) is 0 Å². The van der Waals surface area contributed by atoms with Gasteiger partial charge in [0.05, 0.1) is 0 Å². The quantitative estimate of drug-likeness (QED) is 0.816. The Labute approximate surface area is 81.0 Å². The van der Waals surface area contributed by atoms with Crippen molar-refractivity contribution in [2.45, 2.75) is 6.54 Å². The van der Waals surface area contributed by atoms with Crippen LogP contribution in [0.1, 0.15) is 5.56 Å². The van der Waals surface area contributed by atoms with Crippen LogP contribution < -0.4 is 5.48 Å². The molecule has 60 valence electrons. The van der Waals surface area contributed by atoms with Gasteiger partial charge in [0.1, 0.15) is 0 Å². The van der Waals surface area contributed by atoms with Gasteiger partial charge in [-0.15, -0.1) is 0 Å². The number of nitrogens with zero attached hydrogens (tertiary/aromatic N) is 1. The average molecular weight is 282 g/mol. The van der Waals surface area contributed by atoms with Gasteiger partial charge in [-0.1, -0.05) is 0 Å². The summed E-state index contributed by atoms with van der Waals surface area (Å²) in [5, 5.41) is 8.46. The van der Waals surface area contributed by atoms with Crippen molar-refractivity contribution in [2.24, 2.45) is 0 Å². The lowest BCUT2D eigenvalue weighted by molar-refractivity contribution is 0.161. The number of pyridine rings is 1. The normalized spacial score (nSPS) is 10.1. The summed E-state index contributed by atoms with van der Waals surface area (Å²) in [6, 6.07) is 0. The molecule has 1 aromatic rings. The molecule has 3 nitrogen and oxygen atoms in total. The number of rotatable bonds is 2. The van der Waals surface area contributed by atoms with Crippen LogP contribution in [0, 0.1) is 0 Å². The Morgan fingerprint density at radius 3 is 2.36 bits per heavy atom. The van der Waals surface area contributed by atoms with Crippen molar-refractivity contribution in [1.29, 1.82) is 0 Å². The Morgan fingerprint density at radius 1 is 1.36 bits per heavy atom. The van der Waals surface area contributed by atoms with E-state index in [2.05, 4.69) is 42.3 Å². The number of halogens is 2. The predicted octanol–water partition coefficient (Wildman–Crippen LogP) is 2.09. The highest BCUT2D eigenvalue weighted by molar-refractivity contribution is 9.11. The third kappa shape index (κ3) is 2.23. The molecule has 0 aliphatic rings. The molecule has 2 N–H and O–H groups in total. The maximum atomic E-state index is 8.46. The van der Waals surface area contributed by atoms with Crippen molar-refractivity contribution in [1.82, 2.24) is 10.5 Å². The third-order valence-corrected chi connectivity index (χ3v) is 2.57. The summed E-state index contributed by atoms with van der Waals surface area (Å²) in [4.78, 5) is 3.92. The Hall–Kier alpha value is 0.0300. The zero-order valence-electron chi connectivity index (χ0n) is 5.51. The van der Waals surface area contributed by atoms with Gasteiger partial charge < -0.3 is 5.21 Å². The van der Waals surface area contributed by atoms with Gasteiger partial charge >= 0.3 is 0 Å². The smallest absolute Gasteiger partial charge is 0.0481 e. The molecule has 0 saturated carbocycles. The van der Waals surface area contributed by atoms with Crippen molar-refractivity contribution in [2.75, 3.05) is 0 Å². The fourth-order valence-electron chi connectivity index (χ4n) is 0.686. The lowest BCUT2D eigenvalue weighted by Crippen LogP contribution is -2.07. The van der Waals surface area contributed by atoms with E-state index in [1.165, 1.54) is 0 Å². The van der Waals surface area contributed by atoms with Gasteiger partial charge in [0, 0.05) is 27.9 Å². The van der Waals surface area contributed by atoms with Crippen LogP contribution in [0.25, 0.3) is 0 Å². The predicted molar refractivity (Wildman–Crippen MR) is 48.3 cm³/mol. The Kier molecular flexibility index (Phi) is 3.45. The Bertz CT molecular complexity index is 234. The van der Waals surface area contributed by atoms with E-state index in [1.54, 1.807) is 12.4 Å².